The monoisotopic (exact) mass is 221 g/mol. The van der Waals surface area contributed by atoms with E-state index in [1.165, 1.54) is 6.92 Å². The summed E-state index contributed by atoms with van der Waals surface area (Å²) in [6, 6.07) is 7.06. The molecule has 86 valence electrons. The number of nitrogens with one attached hydrogen (secondary N) is 1. The van der Waals surface area contributed by atoms with Crippen LogP contribution in [-0.2, 0) is 4.79 Å². The minimum atomic E-state index is -0.0479. The van der Waals surface area contributed by atoms with Gasteiger partial charge in [-0.3, -0.25) is 9.59 Å². The largest absolute Gasteiger partial charge is 0.493 e. The van der Waals surface area contributed by atoms with Crippen molar-refractivity contribution in [1.82, 2.24) is 5.32 Å². The molecule has 0 bridgehead atoms. The first-order chi connectivity index (χ1) is 7.74. The molecular formula is C12H15NO3. The van der Waals surface area contributed by atoms with Crippen LogP contribution in [0.4, 0.5) is 0 Å². The molecule has 0 unspecified atom stereocenters. The van der Waals surface area contributed by atoms with Crippen LogP contribution in [0.5, 0.6) is 5.75 Å². The second-order valence-electron chi connectivity index (χ2n) is 3.34. The molecule has 0 aliphatic carbocycles. The van der Waals surface area contributed by atoms with Gasteiger partial charge in [0.1, 0.15) is 5.75 Å². The molecule has 4 nitrogen and oxygen atoms in total. The lowest BCUT2D eigenvalue weighted by atomic mass is 10.2. The van der Waals surface area contributed by atoms with E-state index < -0.39 is 0 Å². The molecule has 1 aromatic carbocycles. The Balaban J connectivity index is 2.31. The van der Waals surface area contributed by atoms with E-state index in [0.717, 1.165) is 6.29 Å². The fraction of sp³-hybridized carbons (Fsp3) is 0.333. The van der Waals surface area contributed by atoms with Crippen LogP contribution in [0.25, 0.3) is 0 Å². The van der Waals surface area contributed by atoms with Crippen LogP contribution in [0.15, 0.2) is 24.3 Å². The third-order valence-corrected chi connectivity index (χ3v) is 2.00. The number of amides is 1. The molecule has 0 aliphatic rings. The van der Waals surface area contributed by atoms with Crippen molar-refractivity contribution in [2.45, 2.75) is 13.3 Å². The number of rotatable bonds is 6. The average Bonchev–Trinajstić information content (AvgIpc) is 2.29. The Hall–Kier alpha value is -1.84. The highest BCUT2D eigenvalue weighted by Crippen LogP contribution is 2.15. The minimum absolute atomic E-state index is 0.0479. The molecule has 0 aromatic heterocycles. The smallest absolute Gasteiger partial charge is 0.216 e. The lowest BCUT2D eigenvalue weighted by Gasteiger charge is -2.07. The third kappa shape index (κ3) is 4.13. The molecule has 0 spiro atoms. The molecule has 0 fully saturated rings. The molecular weight excluding hydrogens is 206 g/mol. The van der Waals surface area contributed by atoms with E-state index in [9.17, 15) is 9.59 Å². The number of carbonyl (C=O) groups is 2. The summed E-state index contributed by atoms with van der Waals surface area (Å²) >= 11 is 0. The molecule has 1 aromatic rings. The number of aldehydes is 1. The molecule has 0 aliphatic heterocycles. The van der Waals surface area contributed by atoms with E-state index in [1.54, 1.807) is 18.2 Å². The van der Waals surface area contributed by atoms with Crippen LogP contribution < -0.4 is 10.1 Å². The molecule has 16 heavy (non-hydrogen) atoms. The zero-order valence-corrected chi connectivity index (χ0v) is 9.23. The van der Waals surface area contributed by atoms with Crippen molar-refractivity contribution in [3.8, 4) is 5.75 Å². The van der Waals surface area contributed by atoms with Crippen LogP contribution in [0.1, 0.15) is 23.7 Å². The summed E-state index contributed by atoms with van der Waals surface area (Å²) in [6.45, 7) is 2.53. The summed E-state index contributed by atoms with van der Waals surface area (Å²) in [5, 5.41) is 2.67. The molecule has 1 amide bonds. The van der Waals surface area contributed by atoms with Gasteiger partial charge in [0.2, 0.25) is 5.91 Å². The van der Waals surface area contributed by atoms with Gasteiger partial charge >= 0.3 is 0 Å². The average molecular weight is 221 g/mol. The van der Waals surface area contributed by atoms with Gasteiger partial charge in [-0.15, -0.1) is 0 Å². The maximum absolute atomic E-state index is 10.7. The maximum atomic E-state index is 10.7. The number of ether oxygens (including phenoxy) is 1. The number of carbonyl (C=O) groups excluding carboxylic acids is 2. The summed E-state index contributed by atoms with van der Waals surface area (Å²) < 4.78 is 5.43. The molecule has 1 rings (SSSR count). The summed E-state index contributed by atoms with van der Waals surface area (Å²) in [4.78, 5) is 21.2. The lowest BCUT2D eigenvalue weighted by Crippen LogP contribution is -2.22. The highest BCUT2D eigenvalue weighted by atomic mass is 16.5. The Labute approximate surface area is 94.6 Å². The van der Waals surface area contributed by atoms with Crippen molar-refractivity contribution >= 4 is 12.2 Å². The van der Waals surface area contributed by atoms with Gasteiger partial charge in [-0.2, -0.15) is 0 Å². The Morgan fingerprint density at radius 2 is 2.19 bits per heavy atom. The van der Waals surface area contributed by atoms with E-state index in [0.29, 0.717) is 30.9 Å². The predicted octanol–water partition coefficient (Wildman–Crippen LogP) is 1.40. The summed E-state index contributed by atoms with van der Waals surface area (Å²) in [5.74, 6) is 0.536. The van der Waals surface area contributed by atoms with Crippen molar-refractivity contribution in [3.63, 3.8) is 0 Å². The lowest BCUT2D eigenvalue weighted by molar-refractivity contribution is -0.118. The number of hydrogen-bond acceptors (Lipinski definition) is 3. The van der Waals surface area contributed by atoms with Gasteiger partial charge in [0.05, 0.1) is 12.2 Å². The van der Waals surface area contributed by atoms with Crippen LogP contribution >= 0.6 is 0 Å². The Morgan fingerprint density at radius 1 is 1.44 bits per heavy atom. The van der Waals surface area contributed by atoms with Crippen molar-refractivity contribution in [2.75, 3.05) is 13.2 Å². The second-order valence-corrected chi connectivity index (χ2v) is 3.34. The fourth-order valence-corrected chi connectivity index (χ4v) is 1.23. The molecule has 0 atom stereocenters. The van der Waals surface area contributed by atoms with Crippen LogP contribution in [0, 0.1) is 0 Å². The first kappa shape index (κ1) is 12.2. The zero-order chi connectivity index (χ0) is 11.8. The van der Waals surface area contributed by atoms with Gasteiger partial charge in [-0.25, -0.2) is 0 Å². The number of para-hydroxylation sites is 1. The fourth-order valence-electron chi connectivity index (χ4n) is 1.23. The molecule has 0 saturated carbocycles. The summed E-state index contributed by atoms with van der Waals surface area (Å²) in [7, 11) is 0. The Morgan fingerprint density at radius 3 is 2.88 bits per heavy atom. The van der Waals surface area contributed by atoms with Crippen molar-refractivity contribution in [3.05, 3.63) is 29.8 Å². The normalized spacial score (nSPS) is 9.56. The van der Waals surface area contributed by atoms with Gasteiger partial charge in [0.25, 0.3) is 0 Å². The van der Waals surface area contributed by atoms with Crippen molar-refractivity contribution in [1.29, 1.82) is 0 Å². The molecule has 0 heterocycles. The van der Waals surface area contributed by atoms with Crippen LogP contribution in [0.3, 0.4) is 0 Å². The van der Waals surface area contributed by atoms with Crippen LogP contribution in [-0.4, -0.2) is 25.3 Å². The first-order valence-electron chi connectivity index (χ1n) is 5.15. The number of benzene rings is 1. The van der Waals surface area contributed by atoms with Gasteiger partial charge in [-0.05, 0) is 18.6 Å². The van der Waals surface area contributed by atoms with E-state index in [4.69, 9.17) is 4.74 Å². The molecule has 0 radical (unpaired) electrons. The standard InChI is InChI=1S/C12H15NO3/c1-10(15)13-7-4-8-16-12-6-3-2-5-11(12)9-14/h2-3,5-6,9H,4,7-8H2,1H3,(H,13,15). The molecule has 0 saturated heterocycles. The Kier molecular flexibility index (Phi) is 5.05. The van der Waals surface area contributed by atoms with Crippen LogP contribution in [0.2, 0.25) is 0 Å². The summed E-state index contributed by atoms with van der Waals surface area (Å²) in [5.41, 5.74) is 0.544. The molecule has 1 N–H and O–H groups in total. The minimum Gasteiger partial charge on any atom is -0.493 e. The van der Waals surface area contributed by atoms with Gasteiger partial charge in [0, 0.05) is 13.5 Å². The topological polar surface area (TPSA) is 55.4 Å². The predicted molar refractivity (Wildman–Crippen MR) is 60.6 cm³/mol. The maximum Gasteiger partial charge on any atom is 0.216 e. The van der Waals surface area contributed by atoms with Gasteiger partial charge in [-0.1, -0.05) is 12.1 Å². The highest BCUT2D eigenvalue weighted by molar-refractivity contribution is 5.79. The van der Waals surface area contributed by atoms with E-state index in [-0.39, 0.29) is 5.91 Å². The van der Waals surface area contributed by atoms with Gasteiger partial charge < -0.3 is 10.1 Å². The zero-order valence-electron chi connectivity index (χ0n) is 9.23. The third-order valence-electron chi connectivity index (χ3n) is 2.00. The Bertz CT molecular complexity index is 363. The molecule has 4 heteroatoms. The van der Waals surface area contributed by atoms with Crippen molar-refractivity contribution in [2.24, 2.45) is 0 Å². The summed E-state index contributed by atoms with van der Waals surface area (Å²) in [6.07, 6.45) is 1.48. The first-order valence-corrected chi connectivity index (χ1v) is 5.15. The number of hydrogen-bond donors (Lipinski definition) is 1. The second kappa shape index (κ2) is 6.61. The van der Waals surface area contributed by atoms with E-state index in [2.05, 4.69) is 5.32 Å². The van der Waals surface area contributed by atoms with Crippen molar-refractivity contribution < 1.29 is 14.3 Å². The quantitative estimate of drug-likeness (QED) is 0.583. The van der Waals surface area contributed by atoms with Gasteiger partial charge in [0.15, 0.2) is 6.29 Å². The van der Waals surface area contributed by atoms with E-state index >= 15 is 0 Å². The SMILES string of the molecule is CC(=O)NCCCOc1ccccc1C=O. The van der Waals surface area contributed by atoms with E-state index in [1.807, 2.05) is 6.07 Å². The highest BCUT2D eigenvalue weighted by Gasteiger charge is 2.00.